The lowest BCUT2D eigenvalue weighted by molar-refractivity contribution is 0.575. The molecule has 0 aliphatic heterocycles. The maximum atomic E-state index is 5.96. The van der Waals surface area contributed by atoms with Crippen molar-refractivity contribution in [3.63, 3.8) is 0 Å². The van der Waals surface area contributed by atoms with E-state index in [1.54, 1.807) is 0 Å². The Morgan fingerprint density at radius 3 is 2.21 bits per heavy atom. The molecule has 0 radical (unpaired) electrons. The van der Waals surface area contributed by atoms with Crippen LogP contribution in [0.1, 0.15) is 35.8 Å². The first-order valence-electron chi connectivity index (χ1n) is 7.18. The Balaban J connectivity index is 1.63. The minimum Gasteiger partial charge on any atom is -0.330 e. The van der Waals surface area contributed by atoms with Crippen LogP contribution >= 0.6 is 0 Å². The Labute approximate surface area is 115 Å². The van der Waals surface area contributed by atoms with Gasteiger partial charge in [0.1, 0.15) is 0 Å². The van der Waals surface area contributed by atoms with Gasteiger partial charge in [-0.15, -0.1) is 0 Å². The molecule has 1 heteroatoms. The van der Waals surface area contributed by atoms with Crippen LogP contribution in [0.5, 0.6) is 0 Å². The van der Waals surface area contributed by atoms with Crippen molar-refractivity contribution >= 4 is 0 Å². The van der Waals surface area contributed by atoms with Gasteiger partial charge in [-0.3, -0.25) is 0 Å². The molecule has 0 bridgehead atoms. The van der Waals surface area contributed by atoms with Crippen molar-refractivity contribution in [2.24, 2.45) is 11.7 Å². The molecular formula is C18H21N. The van der Waals surface area contributed by atoms with Gasteiger partial charge >= 0.3 is 0 Å². The van der Waals surface area contributed by atoms with Gasteiger partial charge in [-0.2, -0.15) is 0 Å². The predicted molar refractivity (Wildman–Crippen MR) is 80.1 cm³/mol. The van der Waals surface area contributed by atoms with Gasteiger partial charge in [0.15, 0.2) is 0 Å². The smallest absolute Gasteiger partial charge is 0.000813 e. The highest BCUT2D eigenvalue weighted by molar-refractivity contribution is 5.27. The molecule has 1 fully saturated rings. The lowest BCUT2D eigenvalue weighted by Crippen LogP contribution is -2.13. The molecule has 0 spiro atoms. The van der Waals surface area contributed by atoms with E-state index in [0.29, 0.717) is 5.92 Å². The molecular weight excluding hydrogens is 230 g/mol. The summed E-state index contributed by atoms with van der Waals surface area (Å²) in [4.78, 5) is 0. The van der Waals surface area contributed by atoms with Crippen molar-refractivity contribution in [1.82, 2.24) is 0 Å². The van der Waals surface area contributed by atoms with Gasteiger partial charge < -0.3 is 5.73 Å². The average Bonchev–Trinajstić information content (AvgIpc) is 3.26. The van der Waals surface area contributed by atoms with E-state index in [2.05, 4.69) is 60.7 Å². The molecule has 1 aliphatic carbocycles. The van der Waals surface area contributed by atoms with E-state index in [-0.39, 0.29) is 0 Å². The second-order valence-electron chi connectivity index (χ2n) is 5.59. The van der Waals surface area contributed by atoms with Crippen LogP contribution in [0.3, 0.4) is 0 Å². The Morgan fingerprint density at radius 2 is 1.58 bits per heavy atom. The summed E-state index contributed by atoms with van der Waals surface area (Å²) in [5.41, 5.74) is 8.85. The van der Waals surface area contributed by atoms with Crippen LogP contribution in [-0.4, -0.2) is 6.54 Å². The Kier molecular flexibility index (Phi) is 3.65. The highest BCUT2D eigenvalue weighted by Gasteiger charge is 2.39. The quantitative estimate of drug-likeness (QED) is 0.856. The fourth-order valence-electron chi connectivity index (χ4n) is 3.08. The zero-order valence-electron chi connectivity index (χ0n) is 11.2. The SMILES string of the molecule is NCC(CC1CC1c1ccccc1)c1ccccc1. The summed E-state index contributed by atoms with van der Waals surface area (Å²) in [6.07, 6.45) is 2.55. The standard InChI is InChI=1S/C18H21N/c19-13-17(14-7-3-1-4-8-14)11-16-12-18(16)15-9-5-2-6-10-15/h1-10,16-18H,11-13,19H2. The van der Waals surface area contributed by atoms with Crippen molar-refractivity contribution in [2.75, 3.05) is 6.54 Å². The number of hydrogen-bond donors (Lipinski definition) is 1. The van der Waals surface area contributed by atoms with Gasteiger partial charge in [0, 0.05) is 0 Å². The summed E-state index contributed by atoms with van der Waals surface area (Å²) >= 11 is 0. The van der Waals surface area contributed by atoms with Crippen molar-refractivity contribution in [3.05, 3.63) is 71.8 Å². The van der Waals surface area contributed by atoms with Gasteiger partial charge in [0.2, 0.25) is 0 Å². The molecule has 2 N–H and O–H groups in total. The van der Waals surface area contributed by atoms with Gasteiger partial charge in [0.05, 0.1) is 0 Å². The summed E-state index contributed by atoms with van der Waals surface area (Å²) in [6, 6.07) is 21.6. The van der Waals surface area contributed by atoms with Crippen molar-refractivity contribution in [3.8, 4) is 0 Å². The Bertz CT molecular complexity index is 506. The van der Waals surface area contributed by atoms with E-state index >= 15 is 0 Å². The third-order valence-corrected chi connectivity index (χ3v) is 4.29. The summed E-state index contributed by atoms with van der Waals surface area (Å²) in [5.74, 6) is 2.09. The molecule has 3 unspecified atom stereocenters. The zero-order valence-corrected chi connectivity index (χ0v) is 11.2. The van der Waals surface area contributed by atoms with Gasteiger partial charge in [0.25, 0.3) is 0 Å². The first kappa shape index (κ1) is 12.4. The fourth-order valence-corrected chi connectivity index (χ4v) is 3.08. The van der Waals surface area contributed by atoms with Crippen LogP contribution in [0.25, 0.3) is 0 Å². The van der Waals surface area contributed by atoms with E-state index in [1.165, 1.54) is 24.0 Å². The van der Waals surface area contributed by atoms with Crippen molar-refractivity contribution in [2.45, 2.75) is 24.7 Å². The van der Waals surface area contributed by atoms with Gasteiger partial charge in [-0.25, -0.2) is 0 Å². The Morgan fingerprint density at radius 1 is 0.947 bits per heavy atom. The molecule has 98 valence electrons. The lowest BCUT2D eigenvalue weighted by atomic mass is 9.92. The lowest BCUT2D eigenvalue weighted by Gasteiger charge is -2.15. The summed E-state index contributed by atoms with van der Waals surface area (Å²) in [6.45, 7) is 0.752. The molecule has 1 nitrogen and oxygen atoms in total. The summed E-state index contributed by atoms with van der Waals surface area (Å²) in [7, 11) is 0. The topological polar surface area (TPSA) is 26.0 Å². The minimum atomic E-state index is 0.514. The number of hydrogen-bond acceptors (Lipinski definition) is 1. The highest BCUT2D eigenvalue weighted by atomic mass is 14.6. The molecule has 1 saturated carbocycles. The Hall–Kier alpha value is -1.60. The summed E-state index contributed by atoms with van der Waals surface area (Å²) < 4.78 is 0. The maximum absolute atomic E-state index is 5.96. The van der Waals surface area contributed by atoms with E-state index in [1.807, 2.05) is 0 Å². The first-order chi connectivity index (χ1) is 9.38. The molecule has 2 aromatic rings. The second-order valence-corrected chi connectivity index (χ2v) is 5.59. The molecule has 2 aromatic carbocycles. The van der Waals surface area contributed by atoms with Gasteiger partial charge in [-0.1, -0.05) is 60.7 Å². The molecule has 3 atom stereocenters. The molecule has 3 rings (SSSR count). The number of nitrogens with two attached hydrogens (primary N) is 1. The molecule has 19 heavy (non-hydrogen) atoms. The van der Waals surface area contributed by atoms with Crippen LogP contribution in [0.2, 0.25) is 0 Å². The van der Waals surface area contributed by atoms with Crippen LogP contribution in [0.4, 0.5) is 0 Å². The number of benzene rings is 2. The minimum absolute atomic E-state index is 0.514. The fraction of sp³-hybridized carbons (Fsp3) is 0.333. The molecule has 1 aliphatic rings. The van der Waals surface area contributed by atoms with Gasteiger partial charge in [-0.05, 0) is 48.3 Å². The van der Waals surface area contributed by atoms with Crippen LogP contribution in [0, 0.1) is 5.92 Å². The first-order valence-corrected chi connectivity index (χ1v) is 7.18. The maximum Gasteiger partial charge on any atom is -0.000813 e. The van der Waals surface area contributed by atoms with Crippen molar-refractivity contribution < 1.29 is 0 Å². The van der Waals surface area contributed by atoms with E-state index in [0.717, 1.165) is 18.4 Å². The molecule has 0 aromatic heterocycles. The highest BCUT2D eigenvalue weighted by Crippen LogP contribution is 2.51. The van der Waals surface area contributed by atoms with Crippen molar-refractivity contribution in [1.29, 1.82) is 0 Å². The van der Waals surface area contributed by atoms with Crippen LogP contribution in [0.15, 0.2) is 60.7 Å². The van der Waals surface area contributed by atoms with Crippen LogP contribution < -0.4 is 5.73 Å². The predicted octanol–water partition coefficient (Wildman–Crippen LogP) is 3.92. The normalized spacial score (nSPS) is 23.0. The molecule has 0 heterocycles. The van der Waals surface area contributed by atoms with E-state index < -0.39 is 0 Å². The third kappa shape index (κ3) is 2.87. The van der Waals surface area contributed by atoms with E-state index in [9.17, 15) is 0 Å². The molecule has 0 saturated heterocycles. The summed E-state index contributed by atoms with van der Waals surface area (Å²) in [5, 5.41) is 0. The monoisotopic (exact) mass is 251 g/mol. The third-order valence-electron chi connectivity index (χ3n) is 4.29. The molecule has 0 amide bonds. The largest absolute Gasteiger partial charge is 0.330 e. The van der Waals surface area contributed by atoms with Crippen LogP contribution in [-0.2, 0) is 0 Å². The average molecular weight is 251 g/mol. The zero-order chi connectivity index (χ0) is 13.1. The second kappa shape index (κ2) is 5.58. The number of rotatable bonds is 5. The van der Waals surface area contributed by atoms with E-state index in [4.69, 9.17) is 5.73 Å².